The van der Waals surface area contributed by atoms with Gasteiger partial charge in [0, 0.05) is 44.2 Å². The molecule has 132 valence electrons. The molecule has 6 heteroatoms. The fourth-order valence-corrected chi connectivity index (χ4v) is 3.63. The number of rotatable bonds is 7. The normalized spacial score (nSPS) is 22.7. The van der Waals surface area contributed by atoms with Crippen LogP contribution < -0.4 is 10.6 Å². The van der Waals surface area contributed by atoms with Gasteiger partial charge in [0.2, 0.25) is 5.95 Å². The molecule has 3 aliphatic rings. The predicted molar refractivity (Wildman–Crippen MR) is 95.6 cm³/mol. The quantitative estimate of drug-likeness (QED) is 0.800. The lowest BCUT2D eigenvalue weighted by atomic mass is 10.2. The van der Waals surface area contributed by atoms with Gasteiger partial charge in [0.05, 0.1) is 18.9 Å². The van der Waals surface area contributed by atoms with Crippen LogP contribution in [0.3, 0.4) is 0 Å². The Morgan fingerprint density at radius 2 is 1.88 bits per heavy atom. The first kappa shape index (κ1) is 16.1. The molecule has 6 nitrogen and oxygen atoms in total. The van der Waals surface area contributed by atoms with Crippen LogP contribution in [0.2, 0.25) is 0 Å². The molecule has 0 bridgehead atoms. The van der Waals surface area contributed by atoms with Crippen LogP contribution in [0.15, 0.2) is 6.07 Å². The van der Waals surface area contributed by atoms with Crippen molar-refractivity contribution in [2.24, 2.45) is 0 Å². The topological polar surface area (TPSA) is 62.3 Å². The summed E-state index contributed by atoms with van der Waals surface area (Å²) in [5, 5.41) is 7.06. The fraction of sp³-hybridized carbons (Fsp3) is 0.778. The van der Waals surface area contributed by atoms with Crippen LogP contribution >= 0.6 is 0 Å². The number of morpholine rings is 1. The van der Waals surface area contributed by atoms with E-state index in [0.717, 1.165) is 51.2 Å². The minimum Gasteiger partial charge on any atom is -0.379 e. The number of ether oxygens (including phenoxy) is 1. The minimum atomic E-state index is 0.556. The zero-order valence-electron chi connectivity index (χ0n) is 14.5. The van der Waals surface area contributed by atoms with E-state index in [9.17, 15) is 0 Å². The second-order valence-electron chi connectivity index (χ2n) is 7.28. The smallest absolute Gasteiger partial charge is 0.225 e. The second-order valence-corrected chi connectivity index (χ2v) is 7.28. The van der Waals surface area contributed by atoms with Gasteiger partial charge in [-0.2, -0.15) is 4.98 Å². The molecule has 24 heavy (non-hydrogen) atoms. The molecule has 4 rings (SSSR count). The van der Waals surface area contributed by atoms with Crippen molar-refractivity contribution in [2.45, 2.75) is 50.5 Å². The summed E-state index contributed by atoms with van der Waals surface area (Å²) in [5.74, 6) is 2.44. The van der Waals surface area contributed by atoms with Gasteiger partial charge in [-0.3, -0.25) is 4.90 Å². The molecule has 0 atom stereocenters. The van der Waals surface area contributed by atoms with Crippen molar-refractivity contribution in [1.82, 2.24) is 14.9 Å². The van der Waals surface area contributed by atoms with E-state index in [1.807, 2.05) is 0 Å². The molecule has 1 aromatic rings. The maximum atomic E-state index is 5.40. The molecule has 0 unspecified atom stereocenters. The van der Waals surface area contributed by atoms with Crippen LogP contribution in [0.1, 0.15) is 50.1 Å². The number of hydrogen-bond donors (Lipinski definition) is 2. The first-order valence-electron chi connectivity index (χ1n) is 9.56. The molecule has 1 saturated heterocycles. The fourth-order valence-electron chi connectivity index (χ4n) is 3.63. The highest BCUT2D eigenvalue weighted by atomic mass is 16.5. The van der Waals surface area contributed by atoms with E-state index in [0.29, 0.717) is 12.0 Å². The summed E-state index contributed by atoms with van der Waals surface area (Å²) in [4.78, 5) is 11.9. The van der Waals surface area contributed by atoms with Gasteiger partial charge in [-0.15, -0.1) is 0 Å². The van der Waals surface area contributed by atoms with E-state index in [1.165, 1.54) is 44.2 Å². The first-order chi connectivity index (χ1) is 11.9. The number of aromatic nitrogens is 2. The maximum Gasteiger partial charge on any atom is 0.225 e. The highest BCUT2D eigenvalue weighted by Crippen LogP contribution is 2.40. The van der Waals surface area contributed by atoms with E-state index in [2.05, 4.69) is 21.6 Å². The van der Waals surface area contributed by atoms with Crippen LogP contribution in [-0.4, -0.2) is 60.3 Å². The van der Waals surface area contributed by atoms with Crippen molar-refractivity contribution >= 4 is 11.8 Å². The third-order valence-corrected chi connectivity index (χ3v) is 5.27. The van der Waals surface area contributed by atoms with Crippen LogP contribution in [0.4, 0.5) is 11.8 Å². The monoisotopic (exact) mass is 331 g/mol. The lowest BCUT2D eigenvalue weighted by molar-refractivity contribution is 0.0398. The number of anilines is 2. The molecule has 1 aromatic heterocycles. The van der Waals surface area contributed by atoms with Gasteiger partial charge in [0.25, 0.3) is 0 Å². The summed E-state index contributed by atoms with van der Waals surface area (Å²) in [7, 11) is 0. The average molecular weight is 331 g/mol. The number of hydrogen-bond acceptors (Lipinski definition) is 6. The first-order valence-corrected chi connectivity index (χ1v) is 9.56. The minimum absolute atomic E-state index is 0.556. The third-order valence-electron chi connectivity index (χ3n) is 5.27. The van der Waals surface area contributed by atoms with Crippen LogP contribution in [0.5, 0.6) is 0 Å². The molecule has 1 aliphatic heterocycles. The van der Waals surface area contributed by atoms with Crippen molar-refractivity contribution in [3.8, 4) is 0 Å². The summed E-state index contributed by atoms with van der Waals surface area (Å²) >= 11 is 0. The Labute approximate surface area is 144 Å². The van der Waals surface area contributed by atoms with E-state index in [-0.39, 0.29) is 0 Å². The SMILES string of the molecule is c1c(NCCN2CCOCC2)nc(NC2CCCC2)nc1C1CC1. The number of nitrogens with zero attached hydrogens (tertiary/aromatic N) is 3. The van der Waals surface area contributed by atoms with E-state index in [1.54, 1.807) is 0 Å². The predicted octanol–water partition coefficient (Wildman–Crippen LogP) is 2.45. The highest BCUT2D eigenvalue weighted by molar-refractivity contribution is 5.44. The van der Waals surface area contributed by atoms with Crippen molar-refractivity contribution < 1.29 is 4.74 Å². The van der Waals surface area contributed by atoms with Gasteiger partial charge in [0.15, 0.2) is 0 Å². The Hall–Kier alpha value is -1.40. The largest absolute Gasteiger partial charge is 0.379 e. The molecule has 0 aromatic carbocycles. The molecule has 2 saturated carbocycles. The van der Waals surface area contributed by atoms with E-state index >= 15 is 0 Å². The Morgan fingerprint density at radius 1 is 1.08 bits per heavy atom. The molecule has 3 fully saturated rings. The Balaban J connectivity index is 1.36. The zero-order valence-corrected chi connectivity index (χ0v) is 14.5. The molecule has 2 heterocycles. The summed E-state index contributed by atoms with van der Waals surface area (Å²) < 4.78 is 5.40. The van der Waals surface area contributed by atoms with Gasteiger partial charge in [-0.25, -0.2) is 4.98 Å². The van der Waals surface area contributed by atoms with Crippen LogP contribution in [0, 0.1) is 0 Å². The number of nitrogens with one attached hydrogen (secondary N) is 2. The molecule has 2 N–H and O–H groups in total. The van der Waals surface area contributed by atoms with Crippen molar-refractivity contribution in [3.63, 3.8) is 0 Å². The molecule has 2 aliphatic carbocycles. The van der Waals surface area contributed by atoms with Crippen molar-refractivity contribution in [1.29, 1.82) is 0 Å². The van der Waals surface area contributed by atoms with Gasteiger partial charge < -0.3 is 15.4 Å². The molecule has 0 spiro atoms. The van der Waals surface area contributed by atoms with Crippen molar-refractivity contribution in [3.05, 3.63) is 11.8 Å². The highest BCUT2D eigenvalue weighted by Gasteiger charge is 2.26. The van der Waals surface area contributed by atoms with Gasteiger partial charge in [0.1, 0.15) is 5.82 Å². The summed E-state index contributed by atoms with van der Waals surface area (Å²) in [6.07, 6.45) is 7.68. The molecule has 0 radical (unpaired) electrons. The molecular formula is C18H29N5O. The van der Waals surface area contributed by atoms with Crippen molar-refractivity contribution in [2.75, 3.05) is 50.0 Å². The van der Waals surface area contributed by atoms with E-state index < -0.39 is 0 Å². The maximum absolute atomic E-state index is 5.40. The molecular weight excluding hydrogens is 302 g/mol. The summed E-state index contributed by atoms with van der Waals surface area (Å²) in [5.41, 5.74) is 1.21. The van der Waals surface area contributed by atoms with Crippen LogP contribution in [-0.2, 0) is 4.74 Å². The molecule has 0 amide bonds. The Morgan fingerprint density at radius 3 is 2.62 bits per heavy atom. The van der Waals surface area contributed by atoms with E-state index in [4.69, 9.17) is 14.7 Å². The van der Waals surface area contributed by atoms with Gasteiger partial charge in [-0.1, -0.05) is 12.8 Å². The lowest BCUT2D eigenvalue weighted by Gasteiger charge is -2.26. The second kappa shape index (κ2) is 7.66. The van der Waals surface area contributed by atoms with Crippen LogP contribution in [0.25, 0.3) is 0 Å². The Bertz CT molecular complexity index is 536. The van der Waals surface area contributed by atoms with Gasteiger partial charge in [-0.05, 0) is 25.7 Å². The standard InChI is InChI=1S/C18H29N5O/c1-2-4-15(3-1)20-18-21-16(14-5-6-14)13-17(22-18)19-7-8-23-9-11-24-12-10-23/h13-15H,1-12H2,(H2,19,20,21,22). The Kier molecular flexibility index (Phi) is 5.13. The third kappa shape index (κ3) is 4.36. The summed E-state index contributed by atoms with van der Waals surface area (Å²) in [6.45, 7) is 5.74. The van der Waals surface area contributed by atoms with Gasteiger partial charge >= 0.3 is 0 Å². The zero-order chi connectivity index (χ0) is 16.2. The lowest BCUT2D eigenvalue weighted by Crippen LogP contribution is -2.39. The average Bonchev–Trinajstić information content (AvgIpc) is 3.34. The summed E-state index contributed by atoms with van der Waals surface area (Å²) in [6, 6.07) is 2.71.